The number of nitrogens with two attached hydrogens (primary N) is 1. The number of furan rings is 1. The van der Waals surface area contributed by atoms with E-state index in [-0.39, 0.29) is 17.1 Å². The van der Waals surface area contributed by atoms with Crippen LogP contribution in [0.3, 0.4) is 0 Å². The van der Waals surface area contributed by atoms with Crippen molar-refractivity contribution in [3.63, 3.8) is 0 Å². The number of ketones is 1. The Labute approximate surface area is 150 Å². The second-order valence-corrected chi connectivity index (χ2v) is 6.86. The molecular weight excluding hydrogens is 333 g/mol. The van der Waals surface area contributed by atoms with Crippen LogP contribution < -0.4 is 10.5 Å². The highest BCUT2D eigenvalue weighted by Gasteiger charge is 2.25. The van der Waals surface area contributed by atoms with E-state index in [2.05, 4.69) is 6.92 Å². The number of halogens is 1. The summed E-state index contributed by atoms with van der Waals surface area (Å²) in [5, 5.41) is 0.752. The molecule has 26 heavy (non-hydrogen) atoms. The van der Waals surface area contributed by atoms with E-state index in [1.165, 1.54) is 36.4 Å². The predicted octanol–water partition coefficient (Wildman–Crippen LogP) is 4.83. The zero-order chi connectivity index (χ0) is 18.4. The molecule has 0 bridgehead atoms. The predicted molar refractivity (Wildman–Crippen MR) is 98.4 cm³/mol. The molecule has 2 aromatic carbocycles. The molecule has 5 heteroatoms. The fourth-order valence-electron chi connectivity index (χ4n) is 3.80. The lowest BCUT2D eigenvalue weighted by atomic mass is 9.83. The van der Waals surface area contributed by atoms with E-state index in [1.54, 1.807) is 0 Å². The third kappa shape index (κ3) is 2.55. The minimum atomic E-state index is -0.474. The summed E-state index contributed by atoms with van der Waals surface area (Å²) in [5.41, 5.74) is 9.91. The Morgan fingerprint density at radius 2 is 2.12 bits per heavy atom. The second-order valence-electron chi connectivity index (χ2n) is 6.86. The Morgan fingerprint density at radius 1 is 1.31 bits per heavy atom. The smallest absolute Gasteiger partial charge is 0.234 e. The highest BCUT2D eigenvalue weighted by atomic mass is 19.1. The molecule has 1 heterocycles. The maximum atomic E-state index is 13.4. The van der Waals surface area contributed by atoms with E-state index in [0.29, 0.717) is 17.2 Å². The van der Waals surface area contributed by atoms with Gasteiger partial charge in [-0.3, -0.25) is 4.79 Å². The first kappa shape index (κ1) is 16.6. The summed E-state index contributed by atoms with van der Waals surface area (Å²) in [6.07, 6.45) is 3.30. The number of benzene rings is 2. The average molecular weight is 353 g/mol. The lowest BCUT2D eigenvalue weighted by molar-refractivity contribution is 0.101. The minimum Gasteiger partial charge on any atom is -0.496 e. The number of methoxy groups -OCH3 is 1. The summed E-state index contributed by atoms with van der Waals surface area (Å²) < 4.78 is 24.4. The summed E-state index contributed by atoms with van der Waals surface area (Å²) in [5.74, 6) is -0.201. The molecule has 2 N–H and O–H groups in total. The van der Waals surface area contributed by atoms with Crippen molar-refractivity contribution in [3.8, 4) is 5.75 Å². The molecule has 0 saturated carbocycles. The van der Waals surface area contributed by atoms with Crippen molar-refractivity contribution < 1.29 is 18.3 Å². The van der Waals surface area contributed by atoms with Gasteiger partial charge in [-0.1, -0.05) is 6.92 Å². The van der Waals surface area contributed by atoms with Crippen LogP contribution in [0.4, 0.5) is 10.1 Å². The van der Waals surface area contributed by atoms with Gasteiger partial charge in [0.2, 0.25) is 5.78 Å². The molecule has 0 amide bonds. The number of carbonyl (C=O) groups excluding carboxylic acids is 1. The molecule has 3 aromatic rings. The highest BCUT2D eigenvalue weighted by Crippen LogP contribution is 2.38. The Balaban J connectivity index is 1.85. The van der Waals surface area contributed by atoms with Gasteiger partial charge >= 0.3 is 0 Å². The van der Waals surface area contributed by atoms with Gasteiger partial charge in [0, 0.05) is 11.5 Å². The molecule has 0 aliphatic heterocycles. The number of hydrogen-bond donors (Lipinski definition) is 1. The van der Waals surface area contributed by atoms with E-state index in [1.807, 2.05) is 12.1 Å². The van der Waals surface area contributed by atoms with E-state index in [0.717, 1.165) is 24.6 Å². The van der Waals surface area contributed by atoms with Crippen LogP contribution in [0, 0.1) is 5.82 Å². The number of anilines is 1. The van der Waals surface area contributed by atoms with E-state index >= 15 is 0 Å². The minimum absolute atomic E-state index is 0.0694. The summed E-state index contributed by atoms with van der Waals surface area (Å²) in [6, 6.07) is 7.82. The number of nitrogen functional groups attached to an aromatic ring is 1. The van der Waals surface area contributed by atoms with Crippen molar-refractivity contribution in [3.05, 3.63) is 58.6 Å². The largest absolute Gasteiger partial charge is 0.496 e. The number of aryl methyl sites for hydroxylation is 1. The molecule has 0 saturated heterocycles. The van der Waals surface area contributed by atoms with Gasteiger partial charge in [-0.05, 0) is 60.6 Å². The van der Waals surface area contributed by atoms with Gasteiger partial charge in [0.15, 0.2) is 5.76 Å². The molecule has 1 unspecified atom stereocenters. The lowest BCUT2D eigenvalue weighted by Crippen LogP contribution is -2.06. The van der Waals surface area contributed by atoms with Crippen LogP contribution in [0.15, 0.2) is 34.7 Å². The SMILES string of the molecule is COc1cc(F)ccc1C(=O)c1oc2cc3c(cc2c1N)CCCC3C. The van der Waals surface area contributed by atoms with Crippen molar-refractivity contribution in [1.82, 2.24) is 0 Å². The van der Waals surface area contributed by atoms with Crippen molar-refractivity contribution in [2.24, 2.45) is 0 Å². The van der Waals surface area contributed by atoms with Gasteiger partial charge < -0.3 is 14.9 Å². The van der Waals surface area contributed by atoms with Crippen LogP contribution in [-0.4, -0.2) is 12.9 Å². The zero-order valence-corrected chi connectivity index (χ0v) is 14.8. The number of rotatable bonds is 3. The molecular formula is C21H20FNO3. The molecule has 1 aromatic heterocycles. The van der Waals surface area contributed by atoms with Crippen LogP contribution in [0.1, 0.15) is 52.9 Å². The summed E-state index contributed by atoms with van der Waals surface area (Å²) in [6.45, 7) is 2.20. The van der Waals surface area contributed by atoms with Gasteiger partial charge in [-0.15, -0.1) is 0 Å². The molecule has 0 radical (unpaired) electrons. The van der Waals surface area contributed by atoms with Crippen molar-refractivity contribution >= 4 is 22.4 Å². The summed E-state index contributed by atoms with van der Waals surface area (Å²) in [7, 11) is 1.39. The summed E-state index contributed by atoms with van der Waals surface area (Å²) in [4.78, 5) is 12.9. The Kier molecular flexibility index (Phi) is 3.94. The molecule has 0 spiro atoms. The number of fused-ring (bicyclic) bond motifs is 2. The molecule has 4 rings (SSSR count). The number of hydrogen-bond acceptors (Lipinski definition) is 4. The van der Waals surface area contributed by atoms with Gasteiger partial charge in [0.25, 0.3) is 0 Å². The van der Waals surface area contributed by atoms with Crippen LogP contribution in [0.5, 0.6) is 5.75 Å². The molecule has 1 aliphatic carbocycles. The van der Waals surface area contributed by atoms with E-state index in [9.17, 15) is 9.18 Å². The monoisotopic (exact) mass is 353 g/mol. The highest BCUT2D eigenvalue weighted by molar-refractivity contribution is 6.15. The number of carbonyl (C=O) groups is 1. The summed E-state index contributed by atoms with van der Waals surface area (Å²) >= 11 is 0. The van der Waals surface area contributed by atoms with Crippen molar-refractivity contribution in [2.75, 3.05) is 12.8 Å². The lowest BCUT2D eigenvalue weighted by Gasteiger charge is -2.21. The molecule has 1 aliphatic rings. The maximum Gasteiger partial charge on any atom is 0.234 e. The molecule has 0 fully saturated rings. The first-order chi connectivity index (χ1) is 12.5. The van der Waals surface area contributed by atoms with Crippen LogP contribution >= 0.6 is 0 Å². The third-order valence-corrected chi connectivity index (χ3v) is 5.22. The third-order valence-electron chi connectivity index (χ3n) is 5.22. The fourth-order valence-corrected chi connectivity index (χ4v) is 3.80. The van der Waals surface area contributed by atoms with Crippen molar-refractivity contribution in [2.45, 2.75) is 32.1 Å². The van der Waals surface area contributed by atoms with Crippen molar-refractivity contribution in [1.29, 1.82) is 0 Å². The van der Waals surface area contributed by atoms with Gasteiger partial charge in [0.05, 0.1) is 18.4 Å². The second kappa shape index (κ2) is 6.16. The fraction of sp³-hybridized carbons (Fsp3) is 0.286. The van der Waals surface area contributed by atoms with Gasteiger partial charge in [-0.2, -0.15) is 0 Å². The average Bonchev–Trinajstić information content (AvgIpc) is 2.96. The normalized spacial score (nSPS) is 16.5. The Bertz CT molecular complexity index is 1020. The standard InChI is InChI=1S/C21H20FNO3/c1-11-4-3-5-12-8-16-18(10-15(11)12)26-21(19(16)23)20(24)14-7-6-13(22)9-17(14)25-2/h6-11H,3-5,23H2,1-2H3. The van der Waals surface area contributed by atoms with Crippen LogP contribution in [-0.2, 0) is 6.42 Å². The number of ether oxygens (including phenoxy) is 1. The Hall–Kier alpha value is -2.82. The molecule has 1 atom stereocenters. The molecule has 4 nitrogen and oxygen atoms in total. The van der Waals surface area contributed by atoms with Crippen LogP contribution in [0.2, 0.25) is 0 Å². The molecule has 134 valence electrons. The Morgan fingerprint density at radius 3 is 2.88 bits per heavy atom. The first-order valence-electron chi connectivity index (χ1n) is 8.72. The van der Waals surface area contributed by atoms with E-state index < -0.39 is 11.6 Å². The topological polar surface area (TPSA) is 65.5 Å². The first-order valence-corrected chi connectivity index (χ1v) is 8.72. The van der Waals surface area contributed by atoms with Gasteiger partial charge in [-0.25, -0.2) is 4.39 Å². The quantitative estimate of drug-likeness (QED) is 0.685. The zero-order valence-electron chi connectivity index (χ0n) is 14.8. The maximum absolute atomic E-state index is 13.4. The van der Waals surface area contributed by atoms with E-state index in [4.69, 9.17) is 14.9 Å². The van der Waals surface area contributed by atoms with Gasteiger partial charge in [0.1, 0.15) is 17.1 Å². The van der Waals surface area contributed by atoms with Crippen LogP contribution in [0.25, 0.3) is 11.0 Å².